The molecule has 2 aromatic rings. The molecule has 1 nitrogen and oxygen atoms in total. The number of thioether (sulfide) groups is 1. The second-order valence-corrected chi connectivity index (χ2v) is 6.00. The first-order chi connectivity index (χ1) is 9.11. The summed E-state index contributed by atoms with van der Waals surface area (Å²) < 4.78 is 0. The van der Waals surface area contributed by atoms with Crippen molar-refractivity contribution in [3.8, 4) is 0 Å². The summed E-state index contributed by atoms with van der Waals surface area (Å²) in [6.07, 6.45) is 0. The second-order valence-electron chi connectivity index (χ2n) is 4.25. The zero-order valence-electron chi connectivity index (χ0n) is 10.9. The first-order valence-electron chi connectivity index (χ1n) is 6.15. The quantitative estimate of drug-likeness (QED) is 0.583. The van der Waals surface area contributed by atoms with E-state index in [1.165, 1.54) is 4.90 Å². The van der Waals surface area contributed by atoms with Crippen LogP contribution in [-0.2, 0) is 0 Å². The minimum Gasteiger partial charge on any atom is -0.289 e. The van der Waals surface area contributed by atoms with Crippen molar-refractivity contribution in [2.24, 2.45) is 0 Å². The first-order valence-corrected chi connectivity index (χ1v) is 7.52. The van der Waals surface area contributed by atoms with Gasteiger partial charge in [0.15, 0.2) is 5.78 Å². The monoisotopic (exact) mass is 290 g/mol. The molecule has 0 fully saturated rings. The molecule has 0 saturated carbocycles. The summed E-state index contributed by atoms with van der Waals surface area (Å²) in [7, 11) is 0. The maximum Gasteiger partial charge on any atom is 0.193 e. The van der Waals surface area contributed by atoms with Gasteiger partial charge in [0.1, 0.15) is 0 Å². The van der Waals surface area contributed by atoms with Crippen molar-refractivity contribution in [1.29, 1.82) is 0 Å². The Labute approximate surface area is 123 Å². The van der Waals surface area contributed by atoms with E-state index in [9.17, 15) is 4.79 Å². The Morgan fingerprint density at radius 1 is 1.11 bits per heavy atom. The molecular weight excluding hydrogens is 276 g/mol. The Morgan fingerprint density at radius 3 is 2.32 bits per heavy atom. The van der Waals surface area contributed by atoms with Crippen LogP contribution < -0.4 is 0 Å². The van der Waals surface area contributed by atoms with Crippen LogP contribution in [0.4, 0.5) is 0 Å². The van der Waals surface area contributed by atoms with Crippen molar-refractivity contribution in [2.45, 2.75) is 18.7 Å². The van der Waals surface area contributed by atoms with E-state index >= 15 is 0 Å². The highest BCUT2D eigenvalue weighted by Gasteiger charge is 2.10. The number of hydrogen-bond acceptors (Lipinski definition) is 2. The average molecular weight is 291 g/mol. The smallest absolute Gasteiger partial charge is 0.193 e. The van der Waals surface area contributed by atoms with Crippen molar-refractivity contribution < 1.29 is 4.79 Å². The summed E-state index contributed by atoms with van der Waals surface area (Å²) in [4.78, 5) is 13.5. The summed E-state index contributed by atoms with van der Waals surface area (Å²) >= 11 is 7.82. The van der Waals surface area contributed by atoms with Gasteiger partial charge >= 0.3 is 0 Å². The molecule has 0 bridgehead atoms. The summed E-state index contributed by atoms with van der Waals surface area (Å²) in [6, 6.07) is 13.1. The number of carbonyl (C=O) groups excluding carboxylic acids is 1. The third-order valence-electron chi connectivity index (χ3n) is 2.86. The largest absolute Gasteiger partial charge is 0.289 e. The van der Waals surface area contributed by atoms with Crippen molar-refractivity contribution in [1.82, 2.24) is 0 Å². The molecule has 0 N–H and O–H groups in total. The van der Waals surface area contributed by atoms with Gasteiger partial charge < -0.3 is 0 Å². The van der Waals surface area contributed by atoms with Crippen molar-refractivity contribution >= 4 is 29.1 Å². The van der Waals surface area contributed by atoms with Gasteiger partial charge in [-0.15, -0.1) is 11.8 Å². The van der Waals surface area contributed by atoms with Crippen LogP contribution in [0.15, 0.2) is 47.4 Å². The molecule has 0 unspecified atom stereocenters. The number of halogens is 1. The SMILES string of the molecule is CCSc1ccc(C(=O)c2ccc(C)c(Cl)c2)cc1. The number of ketones is 1. The third kappa shape index (κ3) is 3.40. The number of benzene rings is 2. The van der Waals surface area contributed by atoms with E-state index in [1.54, 1.807) is 17.8 Å². The predicted octanol–water partition coefficient (Wildman–Crippen LogP) is 4.99. The number of hydrogen-bond donors (Lipinski definition) is 0. The van der Waals surface area contributed by atoms with Crippen LogP contribution in [0.25, 0.3) is 0 Å². The Balaban J connectivity index is 2.25. The van der Waals surface area contributed by atoms with Gasteiger partial charge in [-0.3, -0.25) is 4.79 Å². The molecule has 0 aromatic heterocycles. The number of carbonyl (C=O) groups is 1. The van der Waals surface area contributed by atoms with Gasteiger partial charge in [0, 0.05) is 21.0 Å². The molecule has 98 valence electrons. The van der Waals surface area contributed by atoms with E-state index in [-0.39, 0.29) is 5.78 Å². The van der Waals surface area contributed by atoms with Crippen LogP contribution in [0.5, 0.6) is 0 Å². The molecule has 2 aromatic carbocycles. The highest BCUT2D eigenvalue weighted by atomic mass is 35.5. The number of aryl methyl sites for hydroxylation is 1. The lowest BCUT2D eigenvalue weighted by Crippen LogP contribution is -2.01. The average Bonchev–Trinajstić information content (AvgIpc) is 2.42. The molecule has 0 atom stereocenters. The van der Waals surface area contributed by atoms with Gasteiger partial charge in [-0.2, -0.15) is 0 Å². The summed E-state index contributed by atoms with van der Waals surface area (Å²) in [6.45, 7) is 4.03. The molecule has 0 saturated heterocycles. The molecule has 2 rings (SSSR count). The lowest BCUT2D eigenvalue weighted by molar-refractivity contribution is 0.103. The van der Waals surface area contributed by atoms with Crippen LogP contribution in [-0.4, -0.2) is 11.5 Å². The van der Waals surface area contributed by atoms with Crippen molar-refractivity contribution in [3.63, 3.8) is 0 Å². The standard InChI is InChI=1S/C16H15ClOS/c1-3-19-14-8-6-12(7-9-14)16(18)13-5-4-11(2)15(17)10-13/h4-10H,3H2,1-2H3. The second kappa shape index (κ2) is 6.27. The van der Waals surface area contributed by atoms with Crippen LogP contribution in [0.2, 0.25) is 5.02 Å². The zero-order chi connectivity index (χ0) is 13.8. The summed E-state index contributed by atoms with van der Waals surface area (Å²) in [5.41, 5.74) is 2.31. The van der Waals surface area contributed by atoms with E-state index in [2.05, 4.69) is 6.92 Å². The normalized spacial score (nSPS) is 10.5. The maximum atomic E-state index is 12.3. The van der Waals surface area contributed by atoms with E-state index in [0.29, 0.717) is 16.1 Å². The van der Waals surface area contributed by atoms with E-state index in [0.717, 1.165) is 11.3 Å². The van der Waals surface area contributed by atoms with Crippen LogP contribution in [0.3, 0.4) is 0 Å². The molecule has 3 heteroatoms. The van der Waals surface area contributed by atoms with Gasteiger partial charge in [-0.25, -0.2) is 0 Å². The fourth-order valence-corrected chi connectivity index (χ4v) is 2.61. The molecule has 0 aliphatic heterocycles. The third-order valence-corrected chi connectivity index (χ3v) is 4.16. The van der Waals surface area contributed by atoms with Crippen LogP contribution >= 0.6 is 23.4 Å². The summed E-state index contributed by atoms with van der Waals surface area (Å²) in [5.74, 6) is 1.04. The predicted molar refractivity (Wildman–Crippen MR) is 82.5 cm³/mol. The van der Waals surface area contributed by atoms with Crippen LogP contribution in [0.1, 0.15) is 28.4 Å². The molecule has 0 aliphatic carbocycles. The highest BCUT2D eigenvalue weighted by molar-refractivity contribution is 7.99. The lowest BCUT2D eigenvalue weighted by Gasteiger charge is -2.05. The molecule has 0 aliphatic rings. The van der Waals surface area contributed by atoms with E-state index < -0.39 is 0 Å². The maximum absolute atomic E-state index is 12.3. The molecular formula is C16H15ClOS. The van der Waals surface area contributed by atoms with Gasteiger partial charge in [0.25, 0.3) is 0 Å². The Kier molecular flexibility index (Phi) is 4.67. The topological polar surface area (TPSA) is 17.1 Å². The van der Waals surface area contributed by atoms with Crippen molar-refractivity contribution in [2.75, 3.05) is 5.75 Å². The Bertz CT molecular complexity index is 590. The molecule has 0 amide bonds. The Morgan fingerprint density at radius 2 is 1.74 bits per heavy atom. The van der Waals surface area contributed by atoms with Gasteiger partial charge in [-0.05, 0) is 48.6 Å². The minimum atomic E-state index is 0.00921. The fourth-order valence-electron chi connectivity index (χ4n) is 1.77. The van der Waals surface area contributed by atoms with E-state index in [1.807, 2.05) is 43.3 Å². The Hall–Kier alpha value is -1.25. The minimum absolute atomic E-state index is 0.00921. The number of rotatable bonds is 4. The molecule has 0 heterocycles. The first kappa shape index (κ1) is 14.2. The van der Waals surface area contributed by atoms with E-state index in [4.69, 9.17) is 11.6 Å². The summed E-state index contributed by atoms with van der Waals surface area (Å²) in [5, 5.41) is 0.629. The highest BCUT2D eigenvalue weighted by Crippen LogP contribution is 2.21. The van der Waals surface area contributed by atoms with Crippen LogP contribution in [0, 0.1) is 6.92 Å². The molecule has 0 spiro atoms. The van der Waals surface area contributed by atoms with Gasteiger partial charge in [-0.1, -0.05) is 30.7 Å². The lowest BCUT2D eigenvalue weighted by atomic mass is 10.0. The van der Waals surface area contributed by atoms with Gasteiger partial charge in [0.05, 0.1) is 0 Å². The zero-order valence-corrected chi connectivity index (χ0v) is 12.5. The molecule has 19 heavy (non-hydrogen) atoms. The van der Waals surface area contributed by atoms with Crippen molar-refractivity contribution in [3.05, 3.63) is 64.2 Å². The fraction of sp³-hybridized carbons (Fsp3) is 0.188. The molecule has 0 radical (unpaired) electrons. The van der Waals surface area contributed by atoms with Gasteiger partial charge in [0.2, 0.25) is 0 Å².